The Morgan fingerprint density at radius 1 is 1.26 bits per heavy atom. The van der Waals surface area contributed by atoms with Crippen molar-refractivity contribution in [2.24, 2.45) is 0 Å². The van der Waals surface area contributed by atoms with Crippen molar-refractivity contribution in [1.82, 2.24) is 15.5 Å². The van der Waals surface area contributed by atoms with Crippen LogP contribution in [-0.4, -0.2) is 73.9 Å². The van der Waals surface area contributed by atoms with Crippen molar-refractivity contribution in [2.45, 2.75) is 75.1 Å². The normalized spacial score (nSPS) is 23.7. The molecular weight excluding hydrogens is 478 g/mol. The van der Waals surface area contributed by atoms with Crippen LogP contribution in [-0.2, 0) is 30.5 Å². The van der Waals surface area contributed by atoms with Gasteiger partial charge in [-0.3, -0.25) is 9.59 Å². The van der Waals surface area contributed by atoms with Crippen LogP contribution < -0.4 is 10.6 Å². The summed E-state index contributed by atoms with van der Waals surface area (Å²) < 4.78 is 9.63. The predicted octanol–water partition coefficient (Wildman–Crippen LogP) is 1.74. The van der Waals surface area contributed by atoms with Crippen molar-refractivity contribution in [3.8, 4) is 5.75 Å². The summed E-state index contributed by atoms with van der Waals surface area (Å²) in [5.74, 6) is -2.33. The number of ether oxygens (including phenoxy) is 2. The molecule has 2 aliphatic rings. The number of rotatable bonds is 7. The minimum absolute atomic E-state index is 0.0406. The van der Waals surface area contributed by atoms with Gasteiger partial charge >= 0.3 is 12.1 Å². The van der Waals surface area contributed by atoms with E-state index in [0.717, 1.165) is 0 Å². The number of hydrogen-bond donors (Lipinski definition) is 4. The summed E-state index contributed by atoms with van der Waals surface area (Å²) in [4.78, 5) is 51.7. The van der Waals surface area contributed by atoms with E-state index < -0.39 is 57.7 Å². The van der Waals surface area contributed by atoms with Gasteiger partial charge in [-0.1, -0.05) is 6.07 Å². The number of carbonyl (C=O) groups is 4. The number of phenolic OH excluding ortho intramolecular Hbond substituents is 1. The molecule has 2 fully saturated rings. The number of amides is 3. The van der Waals surface area contributed by atoms with Crippen molar-refractivity contribution in [3.63, 3.8) is 0 Å². The Hall–Kier alpha value is -2.99. The maximum atomic E-state index is 13.3. The zero-order chi connectivity index (χ0) is 26.3. The molecule has 3 amide bonds. The fourth-order valence-electron chi connectivity index (χ4n) is 4.16. The molecule has 3 rings (SSSR count). The lowest BCUT2D eigenvalue weighted by molar-refractivity contribution is -0.161. The van der Waals surface area contributed by atoms with Crippen molar-refractivity contribution in [3.05, 3.63) is 29.3 Å². The molecule has 0 spiro atoms. The van der Waals surface area contributed by atoms with Crippen LogP contribution in [0.5, 0.6) is 5.75 Å². The molecule has 0 saturated carbocycles. The summed E-state index contributed by atoms with van der Waals surface area (Å²) in [7, 11) is 1.45. The minimum Gasteiger partial charge on any atom is -0.508 e. The molecule has 2 aliphatic heterocycles. The van der Waals surface area contributed by atoms with Gasteiger partial charge in [-0.25, -0.2) is 9.59 Å². The standard InChI is InChI=1S/C23H31N3O8S/c1-22(2,3)34-21(32)25-14(11-7-8-13(27)12(9-11)10-33-6)17(28)24-15-18(29)26-16(20(30)31)23(4,5)35-19(15)26/h7-9,14-16,19,27H,10H2,1-6H3,(H,24,28)(H,25,32)(H,30,31). The van der Waals surface area contributed by atoms with Crippen molar-refractivity contribution in [1.29, 1.82) is 0 Å². The summed E-state index contributed by atoms with van der Waals surface area (Å²) in [5, 5.41) is 24.3. The largest absolute Gasteiger partial charge is 0.508 e. The maximum Gasteiger partial charge on any atom is 0.408 e. The molecule has 0 aliphatic carbocycles. The number of aliphatic carboxylic acids is 1. The molecule has 11 nitrogen and oxygen atoms in total. The average molecular weight is 510 g/mol. The number of phenols is 1. The van der Waals surface area contributed by atoms with E-state index in [0.29, 0.717) is 11.1 Å². The van der Waals surface area contributed by atoms with Crippen LogP contribution in [0.15, 0.2) is 18.2 Å². The molecule has 192 valence electrons. The highest BCUT2D eigenvalue weighted by Gasteiger charge is 2.64. The number of carboxylic acid groups (broad SMARTS) is 1. The lowest BCUT2D eigenvalue weighted by atomic mass is 9.95. The van der Waals surface area contributed by atoms with Crippen LogP contribution in [0.2, 0.25) is 0 Å². The first-order valence-electron chi connectivity index (χ1n) is 11.0. The topological polar surface area (TPSA) is 154 Å². The van der Waals surface area contributed by atoms with Crippen molar-refractivity contribution in [2.75, 3.05) is 7.11 Å². The van der Waals surface area contributed by atoms with Gasteiger partial charge < -0.3 is 35.2 Å². The van der Waals surface area contributed by atoms with E-state index >= 15 is 0 Å². The number of benzene rings is 1. The van der Waals surface area contributed by atoms with Gasteiger partial charge in [-0.05, 0) is 52.3 Å². The number of hydrogen-bond acceptors (Lipinski definition) is 8. The van der Waals surface area contributed by atoms with E-state index in [9.17, 15) is 29.4 Å². The fraction of sp³-hybridized carbons (Fsp3) is 0.565. The van der Waals surface area contributed by atoms with Gasteiger partial charge in [0.05, 0.1) is 6.61 Å². The third kappa shape index (κ3) is 5.48. The van der Waals surface area contributed by atoms with E-state index in [1.54, 1.807) is 34.6 Å². The second-order valence-corrected chi connectivity index (χ2v) is 11.8. The Kier molecular flexibility index (Phi) is 7.28. The number of aromatic hydroxyl groups is 1. The highest BCUT2D eigenvalue weighted by atomic mass is 32.2. The molecule has 12 heteroatoms. The van der Waals surface area contributed by atoms with Crippen LogP contribution in [0.1, 0.15) is 51.8 Å². The van der Waals surface area contributed by atoms with Gasteiger partial charge in [0.25, 0.3) is 0 Å². The Balaban J connectivity index is 1.85. The zero-order valence-corrected chi connectivity index (χ0v) is 21.3. The first-order chi connectivity index (χ1) is 16.2. The van der Waals surface area contributed by atoms with Crippen molar-refractivity contribution >= 4 is 35.6 Å². The summed E-state index contributed by atoms with van der Waals surface area (Å²) in [6, 6.07) is 1.15. The first-order valence-corrected chi connectivity index (χ1v) is 11.9. The number of nitrogens with one attached hydrogen (secondary N) is 2. The second-order valence-electron chi connectivity index (χ2n) is 9.98. The Morgan fingerprint density at radius 3 is 2.49 bits per heavy atom. The molecule has 4 unspecified atom stereocenters. The predicted molar refractivity (Wildman–Crippen MR) is 127 cm³/mol. The number of alkyl carbamates (subject to hydrolysis) is 1. The third-order valence-corrected chi connectivity index (χ3v) is 7.20. The number of thioether (sulfide) groups is 1. The van der Waals surface area contributed by atoms with E-state index in [1.165, 1.54) is 42.0 Å². The SMILES string of the molecule is COCc1cc(C(NC(=O)OC(C)(C)C)C(=O)NC2C(=O)N3C2SC(C)(C)C3C(=O)O)ccc1O. The van der Waals surface area contributed by atoms with Crippen LogP contribution in [0.3, 0.4) is 0 Å². The molecule has 0 aromatic heterocycles. The summed E-state index contributed by atoms with van der Waals surface area (Å²) in [5.41, 5.74) is -0.0781. The van der Waals surface area contributed by atoms with Crippen LogP contribution in [0.25, 0.3) is 0 Å². The monoisotopic (exact) mass is 509 g/mol. The van der Waals surface area contributed by atoms with E-state index in [4.69, 9.17) is 9.47 Å². The Morgan fingerprint density at radius 2 is 1.91 bits per heavy atom. The molecular formula is C23H31N3O8S. The van der Waals surface area contributed by atoms with Crippen LogP contribution >= 0.6 is 11.8 Å². The smallest absolute Gasteiger partial charge is 0.408 e. The lowest BCUT2D eigenvalue weighted by Crippen LogP contribution is -2.71. The number of fused-ring (bicyclic) bond motifs is 1. The van der Waals surface area contributed by atoms with Gasteiger partial charge in [0.2, 0.25) is 11.8 Å². The minimum atomic E-state index is -1.25. The molecule has 4 N–H and O–H groups in total. The van der Waals surface area contributed by atoms with Gasteiger partial charge in [0.1, 0.15) is 34.8 Å². The summed E-state index contributed by atoms with van der Waals surface area (Å²) >= 11 is 1.30. The molecule has 0 bridgehead atoms. The Bertz CT molecular complexity index is 1040. The molecule has 2 heterocycles. The summed E-state index contributed by atoms with van der Waals surface area (Å²) in [6.07, 6.45) is -0.845. The van der Waals surface area contributed by atoms with Crippen molar-refractivity contribution < 1.29 is 38.9 Å². The van der Waals surface area contributed by atoms with Gasteiger partial charge in [0.15, 0.2) is 0 Å². The molecule has 0 radical (unpaired) electrons. The number of carbonyl (C=O) groups excluding carboxylic acids is 3. The first kappa shape index (κ1) is 26.6. The fourth-order valence-corrected chi connectivity index (χ4v) is 5.79. The lowest BCUT2D eigenvalue weighted by Gasteiger charge is -2.44. The average Bonchev–Trinajstić information content (AvgIpc) is 2.98. The quantitative estimate of drug-likeness (QED) is 0.402. The van der Waals surface area contributed by atoms with Gasteiger partial charge in [0, 0.05) is 17.4 Å². The molecule has 1 aromatic carbocycles. The zero-order valence-electron chi connectivity index (χ0n) is 20.4. The van der Waals surface area contributed by atoms with E-state index in [2.05, 4.69) is 10.6 Å². The highest BCUT2D eigenvalue weighted by molar-refractivity contribution is 8.01. The third-order valence-electron chi connectivity index (χ3n) is 5.63. The highest BCUT2D eigenvalue weighted by Crippen LogP contribution is 2.50. The van der Waals surface area contributed by atoms with E-state index in [-0.39, 0.29) is 12.4 Å². The van der Waals surface area contributed by atoms with Gasteiger partial charge in [-0.15, -0.1) is 11.8 Å². The molecule has 4 atom stereocenters. The number of carboxylic acids is 1. The Labute approximate surface area is 207 Å². The number of nitrogens with zero attached hydrogens (tertiary/aromatic N) is 1. The maximum absolute atomic E-state index is 13.3. The number of β-lactam (4-membered cyclic amide) rings is 1. The second kappa shape index (κ2) is 9.57. The number of methoxy groups -OCH3 is 1. The van der Waals surface area contributed by atoms with E-state index in [1.807, 2.05) is 0 Å². The molecule has 1 aromatic rings. The molecule has 35 heavy (non-hydrogen) atoms. The van der Waals surface area contributed by atoms with Crippen LogP contribution in [0.4, 0.5) is 4.79 Å². The van der Waals surface area contributed by atoms with Gasteiger partial charge in [-0.2, -0.15) is 0 Å². The summed E-state index contributed by atoms with van der Waals surface area (Å²) in [6.45, 7) is 8.58. The van der Waals surface area contributed by atoms with Crippen LogP contribution in [0, 0.1) is 0 Å². The molecule has 2 saturated heterocycles.